The second kappa shape index (κ2) is 10.5. The summed E-state index contributed by atoms with van der Waals surface area (Å²) in [5, 5.41) is 2.78. The average Bonchev–Trinajstić information content (AvgIpc) is 2.84. The van der Waals surface area contributed by atoms with Gasteiger partial charge in [-0.05, 0) is 73.5 Å². The second-order valence-electron chi connectivity index (χ2n) is 7.68. The van der Waals surface area contributed by atoms with Crippen LogP contribution >= 0.6 is 0 Å². The number of aromatic nitrogens is 2. The van der Waals surface area contributed by atoms with Gasteiger partial charge in [0.1, 0.15) is 17.1 Å². The fourth-order valence-corrected chi connectivity index (χ4v) is 3.42. The van der Waals surface area contributed by atoms with E-state index in [-0.39, 0.29) is 12.1 Å². The van der Waals surface area contributed by atoms with Gasteiger partial charge in [0.25, 0.3) is 11.5 Å². The minimum atomic E-state index is -0.456. The van der Waals surface area contributed by atoms with E-state index < -0.39 is 11.5 Å². The normalized spacial score (nSPS) is 10.5. The minimum Gasteiger partial charge on any atom is -0.494 e. The van der Waals surface area contributed by atoms with Crippen molar-refractivity contribution in [1.29, 1.82) is 0 Å². The van der Waals surface area contributed by atoms with Crippen LogP contribution in [0, 0.1) is 6.92 Å². The van der Waals surface area contributed by atoms with Crippen LogP contribution < -0.4 is 20.3 Å². The maximum Gasteiger partial charge on any atom is 0.261 e. The molecule has 4 rings (SSSR count). The topological polar surface area (TPSA) is 93.3 Å². The lowest BCUT2D eigenvalue weighted by molar-refractivity contribution is 0.0949. The molecule has 172 valence electrons. The summed E-state index contributed by atoms with van der Waals surface area (Å²) in [5.41, 5.74) is 3.04. The van der Waals surface area contributed by atoms with Crippen molar-refractivity contribution in [3.63, 3.8) is 0 Å². The van der Waals surface area contributed by atoms with Crippen LogP contribution in [0.1, 0.15) is 28.4 Å². The Morgan fingerprint density at radius 1 is 1.00 bits per heavy atom. The fraction of sp³-hybridized carbons (Fsp3) is 0.148. The van der Waals surface area contributed by atoms with Crippen LogP contribution in [-0.2, 0) is 6.54 Å². The molecule has 0 aliphatic rings. The first-order chi connectivity index (χ1) is 16.5. The third kappa shape index (κ3) is 5.69. The van der Waals surface area contributed by atoms with Gasteiger partial charge in [0.2, 0.25) is 5.88 Å². The Morgan fingerprint density at radius 3 is 2.53 bits per heavy atom. The number of rotatable bonds is 8. The van der Waals surface area contributed by atoms with Crippen LogP contribution in [0.3, 0.4) is 0 Å². The molecule has 7 heteroatoms. The van der Waals surface area contributed by atoms with E-state index >= 15 is 0 Å². The van der Waals surface area contributed by atoms with Crippen molar-refractivity contribution in [3.05, 3.63) is 106 Å². The number of nitrogens with zero attached hydrogens (tertiary/aromatic N) is 1. The Morgan fingerprint density at radius 2 is 1.79 bits per heavy atom. The number of benzene rings is 2. The number of amides is 1. The highest BCUT2D eigenvalue weighted by Crippen LogP contribution is 2.23. The van der Waals surface area contributed by atoms with E-state index in [0.29, 0.717) is 23.9 Å². The summed E-state index contributed by atoms with van der Waals surface area (Å²) in [5.74, 6) is 1.33. The molecule has 0 radical (unpaired) electrons. The number of pyridine rings is 2. The monoisotopic (exact) mass is 455 g/mol. The molecule has 0 atom stereocenters. The number of carbonyl (C=O) groups excluding carboxylic acids is 1. The molecule has 2 N–H and O–H groups in total. The number of aromatic amines is 1. The molecule has 4 aromatic rings. The molecule has 2 aromatic carbocycles. The molecule has 0 aliphatic carbocycles. The van der Waals surface area contributed by atoms with E-state index in [4.69, 9.17) is 9.47 Å². The number of hydrogen-bond acceptors (Lipinski definition) is 5. The first-order valence-electron chi connectivity index (χ1n) is 11.0. The van der Waals surface area contributed by atoms with Gasteiger partial charge < -0.3 is 19.8 Å². The van der Waals surface area contributed by atoms with Crippen molar-refractivity contribution in [2.24, 2.45) is 0 Å². The Kier molecular flexibility index (Phi) is 7.03. The molecule has 0 spiro atoms. The van der Waals surface area contributed by atoms with Crippen LogP contribution in [0.25, 0.3) is 11.3 Å². The molecule has 1 amide bonds. The molecule has 0 saturated heterocycles. The maximum atomic E-state index is 12.6. The van der Waals surface area contributed by atoms with Crippen LogP contribution in [0.4, 0.5) is 0 Å². The highest BCUT2D eigenvalue weighted by Gasteiger charge is 2.12. The summed E-state index contributed by atoms with van der Waals surface area (Å²) >= 11 is 0. The highest BCUT2D eigenvalue weighted by molar-refractivity contribution is 5.94. The van der Waals surface area contributed by atoms with Gasteiger partial charge >= 0.3 is 0 Å². The summed E-state index contributed by atoms with van der Waals surface area (Å²) in [4.78, 5) is 32.1. The molecule has 0 fully saturated rings. The number of H-pyrrole nitrogens is 1. The van der Waals surface area contributed by atoms with Gasteiger partial charge in [0.15, 0.2) is 0 Å². The molecule has 0 unspecified atom stereocenters. The zero-order valence-corrected chi connectivity index (χ0v) is 19.0. The fourth-order valence-electron chi connectivity index (χ4n) is 3.42. The Labute approximate surface area is 197 Å². The quantitative estimate of drug-likeness (QED) is 0.396. The third-order valence-corrected chi connectivity index (χ3v) is 5.09. The minimum absolute atomic E-state index is 0.0521. The predicted molar refractivity (Wildman–Crippen MR) is 130 cm³/mol. The molecular formula is C27H25N3O4. The van der Waals surface area contributed by atoms with Crippen LogP contribution in [0.5, 0.6) is 17.4 Å². The van der Waals surface area contributed by atoms with Crippen molar-refractivity contribution in [2.75, 3.05) is 6.61 Å². The van der Waals surface area contributed by atoms with E-state index in [2.05, 4.69) is 15.3 Å². The van der Waals surface area contributed by atoms with Gasteiger partial charge in [-0.25, -0.2) is 4.98 Å². The number of nitrogens with one attached hydrogen (secondary N) is 2. The summed E-state index contributed by atoms with van der Waals surface area (Å²) < 4.78 is 11.2. The molecular weight excluding hydrogens is 430 g/mol. The molecule has 2 heterocycles. The SMILES string of the molecule is CCOc1ccc(Oc2cc(CNC(=O)c3ccc(-c4cccc(C)c4)[nH]c3=O)ccn2)cc1. The van der Waals surface area contributed by atoms with Gasteiger partial charge in [-0.3, -0.25) is 9.59 Å². The van der Waals surface area contributed by atoms with E-state index in [1.165, 1.54) is 0 Å². The van der Waals surface area contributed by atoms with E-state index in [9.17, 15) is 9.59 Å². The van der Waals surface area contributed by atoms with Crippen molar-refractivity contribution in [1.82, 2.24) is 15.3 Å². The summed E-state index contributed by atoms with van der Waals surface area (Å²) in [7, 11) is 0. The lowest BCUT2D eigenvalue weighted by Crippen LogP contribution is -2.29. The molecule has 0 saturated carbocycles. The van der Waals surface area contributed by atoms with Crippen LogP contribution in [-0.4, -0.2) is 22.5 Å². The van der Waals surface area contributed by atoms with E-state index in [1.807, 2.05) is 50.2 Å². The van der Waals surface area contributed by atoms with E-state index in [1.54, 1.807) is 42.6 Å². The van der Waals surface area contributed by atoms with Crippen molar-refractivity contribution < 1.29 is 14.3 Å². The standard InChI is InChI=1S/C27H25N3O4/c1-3-33-21-7-9-22(10-8-21)34-25-16-19(13-14-28-25)17-29-26(31)23-11-12-24(30-27(23)32)20-6-4-5-18(2)15-20/h4-16H,3,17H2,1-2H3,(H,29,31)(H,30,32). The Bertz CT molecular complexity index is 1350. The van der Waals surface area contributed by atoms with Crippen LogP contribution in [0.15, 0.2) is 83.8 Å². The predicted octanol–water partition coefficient (Wildman–Crippen LogP) is 4.87. The summed E-state index contributed by atoms with van der Waals surface area (Å²) in [6, 6.07) is 21.8. The first-order valence-corrected chi connectivity index (χ1v) is 11.0. The lowest BCUT2D eigenvalue weighted by Gasteiger charge is -2.09. The second-order valence-corrected chi connectivity index (χ2v) is 7.68. The number of hydrogen-bond donors (Lipinski definition) is 2. The van der Waals surface area contributed by atoms with Crippen molar-refractivity contribution >= 4 is 5.91 Å². The molecule has 0 bridgehead atoms. The van der Waals surface area contributed by atoms with Gasteiger partial charge in [0, 0.05) is 24.5 Å². The summed E-state index contributed by atoms with van der Waals surface area (Å²) in [6.07, 6.45) is 1.61. The number of ether oxygens (including phenoxy) is 2. The number of aryl methyl sites for hydroxylation is 1. The van der Waals surface area contributed by atoms with Gasteiger partial charge in [-0.2, -0.15) is 0 Å². The molecule has 2 aromatic heterocycles. The largest absolute Gasteiger partial charge is 0.494 e. The molecule has 0 aliphatic heterocycles. The van der Waals surface area contributed by atoms with Crippen LogP contribution in [0.2, 0.25) is 0 Å². The zero-order valence-electron chi connectivity index (χ0n) is 19.0. The number of carbonyl (C=O) groups is 1. The van der Waals surface area contributed by atoms with Gasteiger partial charge in [-0.15, -0.1) is 0 Å². The third-order valence-electron chi connectivity index (χ3n) is 5.09. The molecule has 34 heavy (non-hydrogen) atoms. The molecule has 7 nitrogen and oxygen atoms in total. The highest BCUT2D eigenvalue weighted by atomic mass is 16.5. The smallest absolute Gasteiger partial charge is 0.261 e. The maximum absolute atomic E-state index is 12.6. The van der Waals surface area contributed by atoms with Crippen molar-refractivity contribution in [2.45, 2.75) is 20.4 Å². The van der Waals surface area contributed by atoms with Gasteiger partial charge in [0.05, 0.1) is 6.61 Å². The van der Waals surface area contributed by atoms with Gasteiger partial charge in [-0.1, -0.05) is 23.8 Å². The first kappa shape index (κ1) is 22.8. The lowest BCUT2D eigenvalue weighted by atomic mass is 10.1. The van der Waals surface area contributed by atoms with Crippen molar-refractivity contribution in [3.8, 4) is 28.6 Å². The average molecular weight is 456 g/mol. The Balaban J connectivity index is 1.39. The summed E-state index contributed by atoms with van der Waals surface area (Å²) in [6.45, 7) is 4.73. The zero-order chi connectivity index (χ0) is 23.9. The Hall–Kier alpha value is -4.39. The van der Waals surface area contributed by atoms with E-state index in [0.717, 1.165) is 22.4 Å².